The van der Waals surface area contributed by atoms with Gasteiger partial charge in [0.1, 0.15) is 0 Å². The number of unbranched alkanes of at least 4 members (excludes halogenated alkanes) is 5. The molecular weight excluding hydrogens is 190 g/mol. The zero-order valence-electron chi connectivity index (χ0n) is 9.63. The molecule has 5 N–H and O–H groups in total. The van der Waals surface area contributed by atoms with Gasteiger partial charge in [-0.2, -0.15) is 0 Å². The van der Waals surface area contributed by atoms with E-state index in [2.05, 4.69) is 5.32 Å². The Bertz CT molecular complexity index is 151. The topological polar surface area (TPSA) is 81.1 Å². The number of nitrogens with two attached hydrogens (primary N) is 2. The van der Waals surface area contributed by atoms with Crippen LogP contribution in [0, 0.1) is 0 Å². The number of rotatable bonds is 10. The fraction of sp³-hybridized carbons (Fsp3) is 0.909. The molecule has 90 valence electrons. The Morgan fingerprint density at radius 1 is 0.867 bits per heavy atom. The molecule has 0 aliphatic rings. The first-order valence-electron chi connectivity index (χ1n) is 5.98. The van der Waals surface area contributed by atoms with Gasteiger partial charge in [-0.05, 0) is 19.4 Å². The smallest absolute Gasteiger partial charge is 0.221 e. The maximum absolute atomic E-state index is 11.0. The molecule has 0 aliphatic heterocycles. The van der Waals surface area contributed by atoms with E-state index in [4.69, 9.17) is 11.5 Å². The molecule has 15 heavy (non-hydrogen) atoms. The maximum Gasteiger partial charge on any atom is 0.221 e. The van der Waals surface area contributed by atoms with Crippen molar-refractivity contribution in [1.29, 1.82) is 0 Å². The van der Waals surface area contributed by atoms with E-state index in [1.807, 2.05) is 0 Å². The lowest BCUT2D eigenvalue weighted by atomic mass is 10.1. The second-order valence-electron chi connectivity index (χ2n) is 3.80. The van der Waals surface area contributed by atoms with Crippen LogP contribution < -0.4 is 16.8 Å². The normalized spacial score (nSPS) is 10.3. The third kappa shape index (κ3) is 11.3. The Labute approximate surface area is 92.8 Å². The Hall–Kier alpha value is -0.610. The highest BCUT2D eigenvalue weighted by Crippen LogP contribution is 2.03. The van der Waals surface area contributed by atoms with Gasteiger partial charge in [0.15, 0.2) is 0 Å². The second-order valence-corrected chi connectivity index (χ2v) is 3.80. The number of hydrogen-bond acceptors (Lipinski definition) is 3. The van der Waals surface area contributed by atoms with Crippen molar-refractivity contribution in [2.45, 2.75) is 44.9 Å². The number of carbonyl (C=O) groups excluding carboxylic acids is 1. The molecule has 0 saturated carbocycles. The van der Waals surface area contributed by atoms with Crippen molar-refractivity contribution in [2.24, 2.45) is 11.5 Å². The lowest BCUT2D eigenvalue weighted by Crippen LogP contribution is -2.26. The predicted molar refractivity (Wildman–Crippen MR) is 63.4 cm³/mol. The summed E-state index contributed by atoms with van der Waals surface area (Å²) in [4.78, 5) is 11.0. The Morgan fingerprint density at radius 3 is 2.07 bits per heavy atom. The Morgan fingerprint density at radius 2 is 1.47 bits per heavy atom. The predicted octanol–water partition coefficient (Wildman–Crippen LogP) is 0.751. The van der Waals surface area contributed by atoms with Crippen molar-refractivity contribution < 1.29 is 4.79 Å². The largest absolute Gasteiger partial charge is 0.356 e. The van der Waals surface area contributed by atoms with Crippen molar-refractivity contribution in [2.75, 3.05) is 19.6 Å². The standard InChI is InChI=1S/C11H25N3O/c12-8-5-3-1-2-4-6-10-14-11(15)7-9-13/h1-10,12-13H2,(H,14,15). The average Bonchev–Trinajstić information content (AvgIpc) is 2.22. The molecule has 0 fully saturated rings. The van der Waals surface area contributed by atoms with Crippen LogP contribution in [-0.2, 0) is 4.79 Å². The Balaban J connectivity index is 3.01. The van der Waals surface area contributed by atoms with Gasteiger partial charge in [-0.1, -0.05) is 25.7 Å². The van der Waals surface area contributed by atoms with Gasteiger partial charge in [0, 0.05) is 19.5 Å². The van der Waals surface area contributed by atoms with E-state index in [1.54, 1.807) is 0 Å². The molecule has 0 heterocycles. The first kappa shape index (κ1) is 14.4. The number of carbonyl (C=O) groups is 1. The molecule has 0 atom stereocenters. The lowest BCUT2D eigenvalue weighted by Gasteiger charge is -2.04. The van der Waals surface area contributed by atoms with Gasteiger partial charge in [0.25, 0.3) is 0 Å². The van der Waals surface area contributed by atoms with E-state index < -0.39 is 0 Å². The van der Waals surface area contributed by atoms with Crippen LogP contribution in [0.2, 0.25) is 0 Å². The minimum atomic E-state index is 0.0700. The first-order chi connectivity index (χ1) is 7.31. The van der Waals surface area contributed by atoms with E-state index in [0.29, 0.717) is 13.0 Å². The van der Waals surface area contributed by atoms with Crippen LogP contribution in [0.25, 0.3) is 0 Å². The fourth-order valence-corrected chi connectivity index (χ4v) is 1.42. The molecule has 1 amide bonds. The van der Waals surface area contributed by atoms with E-state index >= 15 is 0 Å². The molecule has 0 aromatic carbocycles. The highest BCUT2D eigenvalue weighted by atomic mass is 16.1. The molecule has 0 radical (unpaired) electrons. The summed E-state index contributed by atoms with van der Waals surface area (Å²) in [5.41, 5.74) is 10.7. The highest BCUT2D eigenvalue weighted by Gasteiger charge is 1.97. The van der Waals surface area contributed by atoms with Crippen LogP contribution in [0.4, 0.5) is 0 Å². The molecule has 0 bridgehead atoms. The third-order valence-electron chi connectivity index (χ3n) is 2.32. The van der Waals surface area contributed by atoms with Gasteiger partial charge in [0.2, 0.25) is 5.91 Å². The minimum Gasteiger partial charge on any atom is -0.356 e. The van der Waals surface area contributed by atoms with E-state index in [1.165, 1.54) is 25.7 Å². The van der Waals surface area contributed by atoms with Gasteiger partial charge in [-0.25, -0.2) is 0 Å². The van der Waals surface area contributed by atoms with E-state index in [9.17, 15) is 4.79 Å². The van der Waals surface area contributed by atoms with E-state index in [0.717, 1.165) is 25.9 Å². The highest BCUT2D eigenvalue weighted by molar-refractivity contribution is 5.75. The van der Waals surface area contributed by atoms with Crippen LogP contribution in [0.15, 0.2) is 0 Å². The monoisotopic (exact) mass is 215 g/mol. The zero-order chi connectivity index (χ0) is 11.4. The summed E-state index contributed by atoms with van der Waals surface area (Å²) >= 11 is 0. The summed E-state index contributed by atoms with van der Waals surface area (Å²) in [5.74, 6) is 0.0700. The number of nitrogens with one attached hydrogen (secondary N) is 1. The third-order valence-corrected chi connectivity index (χ3v) is 2.32. The summed E-state index contributed by atoms with van der Waals surface area (Å²) in [6.07, 6.45) is 7.56. The van der Waals surface area contributed by atoms with Gasteiger partial charge in [-0.3, -0.25) is 4.79 Å². The molecule has 4 nitrogen and oxygen atoms in total. The summed E-state index contributed by atoms with van der Waals surface area (Å²) in [6, 6.07) is 0. The van der Waals surface area contributed by atoms with Gasteiger partial charge in [-0.15, -0.1) is 0 Å². The summed E-state index contributed by atoms with van der Waals surface area (Å²) in [7, 11) is 0. The van der Waals surface area contributed by atoms with Crippen LogP contribution in [0.3, 0.4) is 0 Å². The summed E-state index contributed by atoms with van der Waals surface area (Å²) in [5, 5.41) is 2.85. The van der Waals surface area contributed by atoms with Crippen LogP contribution >= 0.6 is 0 Å². The zero-order valence-corrected chi connectivity index (χ0v) is 9.63. The van der Waals surface area contributed by atoms with Crippen molar-refractivity contribution in [1.82, 2.24) is 5.32 Å². The van der Waals surface area contributed by atoms with Crippen LogP contribution in [0.5, 0.6) is 0 Å². The van der Waals surface area contributed by atoms with Crippen molar-refractivity contribution >= 4 is 5.91 Å². The van der Waals surface area contributed by atoms with Gasteiger partial charge in [0.05, 0.1) is 0 Å². The molecule has 0 aromatic rings. The number of hydrogen-bond donors (Lipinski definition) is 3. The maximum atomic E-state index is 11.0. The van der Waals surface area contributed by atoms with Crippen LogP contribution in [0.1, 0.15) is 44.9 Å². The average molecular weight is 215 g/mol. The summed E-state index contributed by atoms with van der Waals surface area (Å²) in [6.45, 7) is 2.02. The quantitative estimate of drug-likeness (QED) is 0.470. The molecule has 0 aliphatic carbocycles. The molecule has 0 aromatic heterocycles. The molecule has 4 heteroatoms. The molecule has 0 rings (SSSR count). The number of amides is 1. The second kappa shape index (κ2) is 11.5. The molecule has 0 unspecified atom stereocenters. The SMILES string of the molecule is NCCCCCCCCNC(=O)CCN. The van der Waals surface area contributed by atoms with Crippen molar-refractivity contribution in [3.05, 3.63) is 0 Å². The molecule has 0 spiro atoms. The van der Waals surface area contributed by atoms with Gasteiger partial charge < -0.3 is 16.8 Å². The Kier molecular flexibility index (Phi) is 11.0. The first-order valence-corrected chi connectivity index (χ1v) is 5.98. The van der Waals surface area contributed by atoms with Crippen LogP contribution in [-0.4, -0.2) is 25.5 Å². The summed E-state index contributed by atoms with van der Waals surface area (Å²) < 4.78 is 0. The lowest BCUT2D eigenvalue weighted by molar-refractivity contribution is -0.120. The van der Waals surface area contributed by atoms with Gasteiger partial charge >= 0.3 is 0 Å². The molecule has 0 saturated heterocycles. The fourth-order valence-electron chi connectivity index (χ4n) is 1.42. The van der Waals surface area contributed by atoms with Crippen molar-refractivity contribution in [3.63, 3.8) is 0 Å². The van der Waals surface area contributed by atoms with Crippen molar-refractivity contribution in [3.8, 4) is 0 Å². The minimum absolute atomic E-state index is 0.0700. The van der Waals surface area contributed by atoms with E-state index in [-0.39, 0.29) is 5.91 Å². The molecular formula is C11H25N3O.